The van der Waals surface area contributed by atoms with E-state index in [0.717, 1.165) is 3.57 Å². The van der Waals surface area contributed by atoms with E-state index in [4.69, 9.17) is 6.13 Å². The zero-order valence-electron chi connectivity index (χ0n) is 13.2. The molecule has 0 aliphatic rings. The molecule has 0 spiro atoms. The van der Waals surface area contributed by atoms with Crippen LogP contribution in [0.25, 0.3) is 0 Å². The van der Waals surface area contributed by atoms with E-state index in [1.54, 1.807) is 60.7 Å². The Kier molecular flexibility index (Phi) is 5.79. The summed E-state index contributed by atoms with van der Waals surface area (Å²) in [6.45, 7) is 0. The van der Waals surface area contributed by atoms with Crippen LogP contribution >= 0.6 is 20.6 Å². The van der Waals surface area contributed by atoms with Crippen molar-refractivity contribution in [2.24, 2.45) is 0 Å². The molecule has 3 aromatic carbocycles. The first kappa shape index (κ1) is 17.2. The van der Waals surface area contributed by atoms with Crippen LogP contribution in [0.3, 0.4) is 0 Å². The molecular weight excluding hydrogens is 431 g/mol. The van der Waals surface area contributed by atoms with E-state index < -0.39 is 32.6 Å². The fourth-order valence-electron chi connectivity index (χ4n) is 1.99. The van der Waals surface area contributed by atoms with Gasteiger partial charge in [0, 0.05) is 0 Å². The molecule has 0 heterocycles. The first-order valence-corrected chi connectivity index (χ1v) is 10.4. The summed E-state index contributed by atoms with van der Waals surface area (Å²) in [5.41, 5.74) is 0.855. The van der Waals surface area contributed by atoms with Crippen LogP contribution in [0.5, 0.6) is 0 Å². The van der Waals surface area contributed by atoms with Gasteiger partial charge in [-0.05, 0) is 0 Å². The van der Waals surface area contributed by atoms with E-state index >= 15 is 0 Å². The van der Waals surface area contributed by atoms with Crippen LogP contribution in [0.4, 0.5) is 0 Å². The van der Waals surface area contributed by atoms with Crippen LogP contribution in [0.2, 0.25) is 0 Å². The third kappa shape index (κ3) is 4.67. The molecule has 0 amide bonds. The molecule has 0 saturated heterocycles. The number of benzene rings is 3. The molecule has 0 aliphatic heterocycles. The Morgan fingerprint density at radius 2 is 0.920 bits per heavy atom. The Bertz CT molecular complexity index is 782. The number of carbonyl (C=O) groups excluding carboxylic acids is 2. The summed E-state index contributed by atoms with van der Waals surface area (Å²) in [7, 11) is 0. The Labute approximate surface area is 153 Å². The van der Waals surface area contributed by atoms with Gasteiger partial charge in [-0.1, -0.05) is 0 Å². The average molecular weight is 446 g/mol. The summed E-state index contributed by atoms with van der Waals surface area (Å²) in [4.78, 5) is 24.7. The zero-order chi connectivity index (χ0) is 17.5. The molecule has 0 N–H and O–H groups in total. The van der Waals surface area contributed by atoms with Gasteiger partial charge in [0.05, 0.1) is 0 Å². The predicted octanol–water partition coefficient (Wildman–Crippen LogP) is 4.91. The monoisotopic (exact) mass is 446 g/mol. The van der Waals surface area contributed by atoms with Crippen LogP contribution in [-0.2, 0) is 6.13 Å². The topological polar surface area (TPSA) is 52.6 Å². The minimum absolute atomic E-state index is 0.427. The second-order valence-corrected chi connectivity index (χ2v) is 8.34. The Balaban J connectivity index is 1.81. The number of rotatable bonds is 5. The quantitative estimate of drug-likeness (QED) is 0.523. The molecule has 4 nitrogen and oxygen atoms in total. The zero-order valence-corrected chi connectivity index (χ0v) is 15.3. The minimum atomic E-state index is -2.95. The molecule has 0 aromatic heterocycles. The fraction of sp³-hybridized carbons (Fsp3) is 0. The van der Waals surface area contributed by atoms with Crippen LogP contribution in [0.1, 0.15) is 20.7 Å². The van der Waals surface area contributed by atoms with Gasteiger partial charge in [0.15, 0.2) is 0 Å². The predicted molar refractivity (Wildman–Crippen MR) is 103 cm³/mol. The second kappa shape index (κ2) is 8.43. The van der Waals surface area contributed by atoms with Gasteiger partial charge in [0.2, 0.25) is 0 Å². The maximum absolute atomic E-state index is 12.4. The summed E-state index contributed by atoms with van der Waals surface area (Å²) < 4.78 is 11.9. The normalized spacial score (nSPS) is 10.6. The first-order valence-electron chi connectivity index (χ1n) is 7.55. The van der Waals surface area contributed by atoms with Gasteiger partial charge in [-0.25, -0.2) is 0 Å². The van der Waals surface area contributed by atoms with Crippen LogP contribution in [0.15, 0.2) is 91.0 Å². The van der Waals surface area contributed by atoms with Crippen LogP contribution in [0, 0.1) is 3.57 Å². The molecule has 3 aromatic rings. The molecule has 0 aliphatic carbocycles. The van der Waals surface area contributed by atoms with E-state index in [-0.39, 0.29) is 0 Å². The molecule has 0 saturated carbocycles. The van der Waals surface area contributed by atoms with Gasteiger partial charge in [-0.2, -0.15) is 0 Å². The summed E-state index contributed by atoms with van der Waals surface area (Å²) in [6.07, 6.45) is 0. The molecule has 0 bridgehead atoms. The number of halogens is 1. The maximum atomic E-state index is 12.4. The van der Waals surface area contributed by atoms with Gasteiger partial charge in [0.1, 0.15) is 0 Å². The second-order valence-electron chi connectivity index (χ2n) is 4.97. The summed E-state index contributed by atoms with van der Waals surface area (Å²) in [6, 6.07) is 26.5. The van der Waals surface area contributed by atoms with Gasteiger partial charge in [-0.3, -0.25) is 0 Å². The van der Waals surface area contributed by atoms with E-state index in [1.807, 2.05) is 30.3 Å². The van der Waals surface area contributed by atoms with Crippen LogP contribution < -0.4 is 0 Å². The van der Waals surface area contributed by atoms with E-state index in [0.29, 0.717) is 11.1 Å². The Morgan fingerprint density at radius 3 is 1.32 bits per heavy atom. The number of hydrogen-bond donors (Lipinski definition) is 0. The molecule has 25 heavy (non-hydrogen) atoms. The van der Waals surface area contributed by atoms with Crippen LogP contribution in [-0.4, -0.2) is 11.9 Å². The van der Waals surface area contributed by atoms with Crippen molar-refractivity contribution in [3.63, 3.8) is 0 Å². The van der Waals surface area contributed by atoms with Crippen molar-refractivity contribution in [2.45, 2.75) is 0 Å². The van der Waals surface area contributed by atoms with Crippen molar-refractivity contribution >= 4 is 32.6 Å². The third-order valence-electron chi connectivity index (χ3n) is 3.21. The van der Waals surface area contributed by atoms with Crippen molar-refractivity contribution < 1.29 is 15.7 Å². The Morgan fingerprint density at radius 1 is 0.560 bits per heavy atom. The molecular formula is C20H15IO4. The summed E-state index contributed by atoms with van der Waals surface area (Å²) >= 11 is -2.95. The van der Waals surface area contributed by atoms with Gasteiger partial charge >= 0.3 is 154 Å². The van der Waals surface area contributed by atoms with Crippen molar-refractivity contribution in [3.05, 3.63) is 106 Å². The Hall–Kier alpha value is -2.67. The number of carbonyl (C=O) groups is 2. The fourth-order valence-corrected chi connectivity index (χ4v) is 4.82. The number of hydrogen-bond acceptors (Lipinski definition) is 4. The molecule has 0 unspecified atom stereocenters. The standard InChI is InChI=1S/C20H15IO4/c22-19(16-10-4-1-5-11-16)24-21(18-14-8-3-9-15-18)25-20(23)17-12-6-2-7-13-17/h1-15H. The average Bonchev–Trinajstić information content (AvgIpc) is 2.69. The third-order valence-corrected chi connectivity index (χ3v) is 6.55. The van der Waals surface area contributed by atoms with E-state index in [2.05, 4.69) is 0 Å². The molecule has 0 radical (unpaired) electrons. The molecule has 0 atom stereocenters. The summed E-state index contributed by atoms with van der Waals surface area (Å²) in [5, 5.41) is 0. The van der Waals surface area contributed by atoms with Crippen molar-refractivity contribution in [1.29, 1.82) is 0 Å². The van der Waals surface area contributed by atoms with Crippen molar-refractivity contribution in [2.75, 3.05) is 0 Å². The van der Waals surface area contributed by atoms with Gasteiger partial charge in [-0.15, -0.1) is 0 Å². The first-order chi connectivity index (χ1) is 12.2. The van der Waals surface area contributed by atoms with Gasteiger partial charge < -0.3 is 0 Å². The van der Waals surface area contributed by atoms with Crippen molar-refractivity contribution in [3.8, 4) is 0 Å². The van der Waals surface area contributed by atoms with E-state index in [1.165, 1.54) is 0 Å². The molecule has 126 valence electrons. The molecule has 5 heteroatoms. The van der Waals surface area contributed by atoms with Gasteiger partial charge in [0.25, 0.3) is 0 Å². The van der Waals surface area contributed by atoms with Crippen molar-refractivity contribution in [1.82, 2.24) is 0 Å². The molecule has 0 fully saturated rings. The van der Waals surface area contributed by atoms with E-state index in [9.17, 15) is 9.59 Å². The molecule has 3 rings (SSSR count). The summed E-state index contributed by atoms with van der Waals surface area (Å²) in [5.74, 6) is -0.981. The SMILES string of the molecule is O=C(OI(OC(=O)c1ccccc1)c1ccccc1)c1ccccc1.